The van der Waals surface area contributed by atoms with E-state index in [-0.39, 0.29) is 11.8 Å². The summed E-state index contributed by atoms with van der Waals surface area (Å²) in [5.74, 6) is 1.08. The molecule has 7 rings (SSSR count). The van der Waals surface area contributed by atoms with Crippen LogP contribution in [0.4, 0.5) is 17.1 Å². The van der Waals surface area contributed by atoms with Crippen molar-refractivity contribution in [2.24, 2.45) is 5.92 Å². The molecule has 8 nitrogen and oxygen atoms in total. The van der Waals surface area contributed by atoms with Gasteiger partial charge < -0.3 is 20.5 Å². The molecular formula is C31H33N7O. The molecule has 2 fully saturated rings. The van der Waals surface area contributed by atoms with Crippen LogP contribution in [0.3, 0.4) is 0 Å². The molecule has 0 unspecified atom stereocenters. The Bertz CT molecular complexity index is 1560. The van der Waals surface area contributed by atoms with E-state index in [1.165, 1.54) is 19.3 Å². The summed E-state index contributed by atoms with van der Waals surface area (Å²) in [7, 11) is 0. The van der Waals surface area contributed by atoms with Gasteiger partial charge in [0.2, 0.25) is 5.91 Å². The van der Waals surface area contributed by atoms with Crippen LogP contribution in [-0.4, -0.2) is 45.5 Å². The molecular weight excluding hydrogens is 486 g/mol. The van der Waals surface area contributed by atoms with Crippen LogP contribution in [0.1, 0.15) is 56.3 Å². The Kier molecular flexibility index (Phi) is 6.23. The molecule has 3 N–H and O–H groups in total. The van der Waals surface area contributed by atoms with Gasteiger partial charge in [-0.25, -0.2) is 4.98 Å². The van der Waals surface area contributed by atoms with Gasteiger partial charge >= 0.3 is 0 Å². The number of H-pyrrole nitrogens is 1. The molecule has 0 radical (unpaired) electrons. The van der Waals surface area contributed by atoms with Crippen LogP contribution in [0.2, 0.25) is 0 Å². The number of pyridine rings is 2. The molecule has 5 heterocycles. The van der Waals surface area contributed by atoms with E-state index < -0.39 is 0 Å². The molecule has 0 bridgehead atoms. The quantitative estimate of drug-likeness (QED) is 0.299. The van der Waals surface area contributed by atoms with Gasteiger partial charge in [0.25, 0.3) is 0 Å². The first-order chi connectivity index (χ1) is 19.2. The molecule has 1 saturated carbocycles. The van der Waals surface area contributed by atoms with Gasteiger partial charge in [0.1, 0.15) is 11.3 Å². The lowest BCUT2D eigenvalue weighted by atomic mass is 9.95. The van der Waals surface area contributed by atoms with Crippen molar-refractivity contribution >= 4 is 39.6 Å². The Morgan fingerprint density at radius 1 is 0.923 bits per heavy atom. The van der Waals surface area contributed by atoms with E-state index in [0.29, 0.717) is 0 Å². The van der Waals surface area contributed by atoms with E-state index in [9.17, 15) is 4.79 Å². The highest BCUT2D eigenvalue weighted by Crippen LogP contribution is 2.37. The van der Waals surface area contributed by atoms with Crippen molar-refractivity contribution in [3.05, 3.63) is 66.5 Å². The first kappa shape index (κ1) is 23.9. The van der Waals surface area contributed by atoms with Crippen molar-refractivity contribution in [2.45, 2.75) is 44.9 Å². The number of fused-ring (bicyclic) bond motifs is 2. The number of carbonyl (C=O) groups is 1. The normalized spacial score (nSPS) is 17.5. The Hall–Kier alpha value is -4.20. The second-order valence-electron chi connectivity index (χ2n) is 10.9. The molecule has 39 heavy (non-hydrogen) atoms. The summed E-state index contributed by atoms with van der Waals surface area (Å²) in [4.78, 5) is 32.7. The summed E-state index contributed by atoms with van der Waals surface area (Å²) in [6, 6.07) is 8.42. The third-order valence-corrected chi connectivity index (χ3v) is 8.30. The largest absolute Gasteiger partial charge is 0.381 e. The van der Waals surface area contributed by atoms with E-state index in [2.05, 4.69) is 54.8 Å². The van der Waals surface area contributed by atoms with Crippen LogP contribution in [0.5, 0.6) is 0 Å². The molecule has 2 aliphatic heterocycles. The molecule has 198 valence electrons. The van der Waals surface area contributed by atoms with Crippen LogP contribution in [0, 0.1) is 5.92 Å². The highest BCUT2D eigenvalue weighted by molar-refractivity contribution is 5.95. The first-order valence-electron chi connectivity index (χ1n) is 14.2. The maximum Gasteiger partial charge on any atom is 0.227 e. The smallest absolute Gasteiger partial charge is 0.227 e. The van der Waals surface area contributed by atoms with Crippen LogP contribution in [-0.2, 0) is 4.79 Å². The number of nitrogens with zero attached hydrogens (tertiary/aromatic N) is 4. The average molecular weight is 520 g/mol. The Morgan fingerprint density at radius 2 is 1.77 bits per heavy atom. The summed E-state index contributed by atoms with van der Waals surface area (Å²) in [5.41, 5.74) is 9.04. The Balaban J connectivity index is 1.20. The lowest BCUT2D eigenvalue weighted by molar-refractivity contribution is -0.119. The number of amides is 1. The number of nitrogens with one attached hydrogen (secondary N) is 3. The number of imidazole rings is 1. The van der Waals surface area contributed by atoms with Crippen molar-refractivity contribution in [2.75, 3.05) is 35.2 Å². The zero-order valence-corrected chi connectivity index (χ0v) is 22.0. The van der Waals surface area contributed by atoms with Crippen molar-refractivity contribution in [1.82, 2.24) is 19.9 Å². The SMILES string of the molecule is O=C(Nc1cncc(-c2ccc3c(c2)C(c2nc4c(N5CCCCC5)cncc4[nH]2)=CCN3)c1)C1CCCC1. The highest BCUT2D eigenvalue weighted by atomic mass is 16.1. The summed E-state index contributed by atoms with van der Waals surface area (Å²) >= 11 is 0. The summed E-state index contributed by atoms with van der Waals surface area (Å²) in [6.45, 7) is 2.84. The number of hydrogen-bond acceptors (Lipinski definition) is 6. The van der Waals surface area contributed by atoms with E-state index in [0.717, 1.165) is 102 Å². The molecule has 4 aromatic rings. The molecule has 8 heteroatoms. The van der Waals surface area contributed by atoms with Crippen molar-refractivity contribution in [3.63, 3.8) is 0 Å². The number of hydrogen-bond donors (Lipinski definition) is 3. The van der Waals surface area contributed by atoms with Crippen LogP contribution in [0.15, 0.2) is 55.1 Å². The van der Waals surface area contributed by atoms with Crippen molar-refractivity contribution in [3.8, 4) is 11.1 Å². The zero-order chi connectivity index (χ0) is 26.2. The monoisotopic (exact) mass is 519 g/mol. The topological polar surface area (TPSA) is 98.8 Å². The molecule has 3 aliphatic rings. The number of aromatic nitrogens is 4. The molecule has 0 spiro atoms. The Labute approximate surface area is 228 Å². The number of rotatable bonds is 5. The predicted molar refractivity (Wildman–Crippen MR) is 156 cm³/mol. The van der Waals surface area contributed by atoms with Crippen LogP contribution >= 0.6 is 0 Å². The molecule has 1 saturated heterocycles. The van der Waals surface area contributed by atoms with Crippen molar-refractivity contribution in [1.29, 1.82) is 0 Å². The van der Waals surface area contributed by atoms with Gasteiger partial charge in [-0.1, -0.05) is 25.0 Å². The van der Waals surface area contributed by atoms with E-state index in [1.54, 1.807) is 6.20 Å². The average Bonchev–Trinajstić information content (AvgIpc) is 3.68. The molecule has 3 aromatic heterocycles. The van der Waals surface area contributed by atoms with Gasteiger partial charge in [-0.2, -0.15) is 0 Å². The maximum atomic E-state index is 12.7. The fourth-order valence-corrected chi connectivity index (χ4v) is 6.21. The minimum Gasteiger partial charge on any atom is -0.381 e. The number of anilines is 3. The summed E-state index contributed by atoms with van der Waals surface area (Å²) in [6.07, 6.45) is 17.5. The molecule has 1 amide bonds. The van der Waals surface area contributed by atoms with E-state index in [1.807, 2.05) is 24.7 Å². The number of carbonyl (C=O) groups excluding carboxylic acids is 1. The second-order valence-corrected chi connectivity index (χ2v) is 10.9. The lowest BCUT2D eigenvalue weighted by Crippen LogP contribution is -2.29. The third-order valence-electron chi connectivity index (χ3n) is 8.30. The van der Waals surface area contributed by atoms with E-state index in [4.69, 9.17) is 4.98 Å². The third kappa shape index (κ3) is 4.64. The fourth-order valence-electron chi connectivity index (χ4n) is 6.21. The minimum absolute atomic E-state index is 0.106. The molecule has 0 atom stereocenters. The predicted octanol–water partition coefficient (Wildman–Crippen LogP) is 6.00. The molecule has 1 aliphatic carbocycles. The number of aromatic amines is 1. The zero-order valence-electron chi connectivity index (χ0n) is 22.0. The minimum atomic E-state index is 0.106. The van der Waals surface area contributed by atoms with Crippen molar-refractivity contribution < 1.29 is 4.79 Å². The fraction of sp³-hybridized carbons (Fsp3) is 0.355. The van der Waals surface area contributed by atoms with Gasteiger partial charge in [0, 0.05) is 54.1 Å². The van der Waals surface area contributed by atoms with Crippen LogP contribution in [0.25, 0.3) is 27.7 Å². The Morgan fingerprint density at radius 3 is 2.64 bits per heavy atom. The number of benzene rings is 1. The van der Waals surface area contributed by atoms with Gasteiger partial charge in [-0.3, -0.25) is 14.8 Å². The molecule has 1 aromatic carbocycles. The summed E-state index contributed by atoms with van der Waals surface area (Å²) < 4.78 is 0. The standard InChI is InChI=1S/C31H33N7O/c39-31(20-6-2-3-7-20)35-23-14-22(16-32-17-23)21-8-9-26-25(15-21)24(10-11-34-26)30-36-27-18-33-19-28(29(27)37-30)38-12-4-1-5-13-38/h8-10,14-20,34H,1-7,11-13H2,(H,35,39)(H,36,37). The summed E-state index contributed by atoms with van der Waals surface area (Å²) in [5, 5.41) is 6.58. The number of piperidine rings is 1. The van der Waals surface area contributed by atoms with Crippen LogP contribution < -0.4 is 15.5 Å². The van der Waals surface area contributed by atoms with E-state index >= 15 is 0 Å². The van der Waals surface area contributed by atoms with Gasteiger partial charge in [-0.15, -0.1) is 0 Å². The highest BCUT2D eigenvalue weighted by Gasteiger charge is 2.24. The first-order valence-corrected chi connectivity index (χ1v) is 14.2. The van der Waals surface area contributed by atoms with Gasteiger partial charge in [0.05, 0.1) is 35.5 Å². The van der Waals surface area contributed by atoms with Gasteiger partial charge in [-0.05, 0) is 55.9 Å². The van der Waals surface area contributed by atoms with Gasteiger partial charge in [0.15, 0.2) is 0 Å². The lowest BCUT2D eigenvalue weighted by Gasteiger charge is -2.28. The second kappa shape index (κ2) is 10.2. The maximum absolute atomic E-state index is 12.7.